The number of carbonyl (C=O) groups excluding carboxylic acids is 1. The second kappa shape index (κ2) is 5.46. The number of methoxy groups -OCH3 is 1. The standard InChI is InChI=1S/C11H12N2O5/c1-3-16-11(14)9-10(17-6-12-9)8-4-7(5-15-2)18-13-8/h4,6H,3,5H2,1-2H3. The van der Waals surface area contributed by atoms with Crippen LogP contribution in [0.2, 0.25) is 0 Å². The Morgan fingerprint density at radius 3 is 3.06 bits per heavy atom. The number of rotatable bonds is 5. The van der Waals surface area contributed by atoms with Gasteiger partial charge in [0.1, 0.15) is 6.61 Å². The van der Waals surface area contributed by atoms with Crippen molar-refractivity contribution in [3.8, 4) is 11.5 Å². The fourth-order valence-electron chi connectivity index (χ4n) is 1.40. The van der Waals surface area contributed by atoms with Gasteiger partial charge in [-0.15, -0.1) is 0 Å². The number of ether oxygens (including phenoxy) is 2. The molecule has 2 aromatic rings. The number of nitrogens with zero attached hydrogens (tertiary/aromatic N) is 2. The Hall–Kier alpha value is -2.15. The molecule has 2 aromatic heterocycles. The SMILES string of the molecule is CCOC(=O)c1ncoc1-c1cc(COC)on1. The number of carbonyl (C=O) groups is 1. The van der Waals surface area contributed by atoms with Crippen molar-refractivity contribution in [2.45, 2.75) is 13.5 Å². The van der Waals surface area contributed by atoms with Gasteiger partial charge in [0.25, 0.3) is 0 Å². The first-order valence-electron chi connectivity index (χ1n) is 5.31. The highest BCUT2D eigenvalue weighted by Gasteiger charge is 2.22. The van der Waals surface area contributed by atoms with Crippen molar-refractivity contribution in [1.82, 2.24) is 10.1 Å². The highest BCUT2D eigenvalue weighted by molar-refractivity contribution is 5.93. The highest BCUT2D eigenvalue weighted by Crippen LogP contribution is 2.23. The lowest BCUT2D eigenvalue weighted by Crippen LogP contribution is -2.06. The molecule has 96 valence electrons. The highest BCUT2D eigenvalue weighted by atomic mass is 16.5. The summed E-state index contributed by atoms with van der Waals surface area (Å²) in [7, 11) is 1.54. The second-order valence-corrected chi connectivity index (χ2v) is 3.36. The number of esters is 1. The molecule has 7 nitrogen and oxygen atoms in total. The van der Waals surface area contributed by atoms with E-state index in [-0.39, 0.29) is 24.7 Å². The van der Waals surface area contributed by atoms with E-state index in [1.54, 1.807) is 20.1 Å². The molecule has 0 atom stereocenters. The molecule has 0 spiro atoms. The Balaban J connectivity index is 2.27. The smallest absolute Gasteiger partial charge is 0.361 e. The average Bonchev–Trinajstić information content (AvgIpc) is 2.96. The zero-order chi connectivity index (χ0) is 13.0. The maximum absolute atomic E-state index is 11.6. The predicted octanol–water partition coefficient (Wildman–Crippen LogP) is 1.65. The quantitative estimate of drug-likeness (QED) is 0.747. The summed E-state index contributed by atoms with van der Waals surface area (Å²) in [4.78, 5) is 15.4. The van der Waals surface area contributed by atoms with Crippen LogP contribution in [-0.4, -0.2) is 29.8 Å². The third-order valence-corrected chi connectivity index (χ3v) is 2.11. The Bertz CT molecular complexity index is 531. The van der Waals surface area contributed by atoms with E-state index in [2.05, 4.69) is 10.1 Å². The summed E-state index contributed by atoms with van der Waals surface area (Å²) in [5.74, 6) is 0.191. The predicted molar refractivity (Wildman–Crippen MR) is 58.7 cm³/mol. The Labute approximate surface area is 103 Å². The van der Waals surface area contributed by atoms with Gasteiger partial charge in [-0.25, -0.2) is 9.78 Å². The number of aromatic nitrogens is 2. The number of hydrogen-bond acceptors (Lipinski definition) is 7. The first kappa shape index (κ1) is 12.3. The van der Waals surface area contributed by atoms with Gasteiger partial charge in [-0.2, -0.15) is 0 Å². The fourth-order valence-corrected chi connectivity index (χ4v) is 1.40. The van der Waals surface area contributed by atoms with Gasteiger partial charge in [-0.1, -0.05) is 5.16 Å². The van der Waals surface area contributed by atoms with Gasteiger partial charge in [0.2, 0.25) is 0 Å². The van der Waals surface area contributed by atoms with Crippen molar-refractivity contribution in [3.05, 3.63) is 23.9 Å². The molecule has 2 rings (SSSR count). The fraction of sp³-hybridized carbons (Fsp3) is 0.364. The van der Waals surface area contributed by atoms with Crippen LogP contribution in [0.5, 0.6) is 0 Å². The van der Waals surface area contributed by atoms with Crippen molar-refractivity contribution >= 4 is 5.97 Å². The third-order valence-electron chi connectivity index (χ3n) is 2.11. The van der Waals surface area contributed by atoms with Crippen LogP contribution in [0, 0.1) is 0 Å². The summed E-state index contributed by atoms with van der Waals surface area (Å²) in [6, 6.07) is 1.62. The lowest BCUT2D eigenvalue weighted by Gasteiger charge is -1.98. The lowest BCUT2D eigenvalue weighted by molar-refractivity contribution is 0.0520. The minimum atomic E-state index is -0.558. The van der Waals surface area contributed by atoms with E-state index < -0.39 is 5.97 Å². The Kier molecular flexibility index (Phi) is 3.73. The molecule has 0 N–H and O–H groups in total. The minimum absolute atomic E-state index is 0.0779. The van der Waals surface area contributed by atoms with Crippen LogP contribution in [0.4, 0.5) is 0 Å². The monoisotopic (exact) mass is 252 g/mol. The average molecular weight is 252 g/mol. The molecule has 0 fully saturated rings. The van der Waals surface area contributed by atoms with E-state index in [0.29, 0.717) is 11.5 Å². The first-order valence-corrected chi connectivity index (χ1v) is 5.31. The van der Waals surface area contributed by atoms with Crippen LogP contribution in [0.1, 0.15) is 23.2 Å². The molecular weight excluding hydrogens is 240 g/mol. The topological polar surface area (TPSA) is 87.6 Å². The zero-order valence-corrected chi connectivity index (χ0v) is 10.0. The van der Waals surface area contributed by atoms with Gasteiger partial charge in [-0.05, 0) is 6.92 Å². The van der Waals surface area contributed by atoms with Gasteiger partial charge < -0.3 is 18.4 Å². The van der Waals surface area contributed by atoms with E-state index >= 15 is 0 Å². The van der Waals surface area contributed by atoms with Crippen LogP contribution >= 0.6 is 0 Å². The molecule has 0 bridgehead atoms. The van der Waals surface area contributed by atoms with Gasteiger partial charge >= 0.3 is 5.97 Å². The van der Waals surface area contributed by atoms with Crippen LogP contribution in [0.15, 0.2) is 21.4 Å². The maximum atomic E-state index is 11.6. The van der Waals surface area contributed by atoms with E-state index in [9.17, 15) is 4.79 Å². The largest absolute Gasteiger partial charge is 0.461 e. The molecule has 0 amide bonds. The number of hydrogen-bond donors (Lipinski definition) is 0. The molecule has 0 radical (unpaired) electrons. The van der Waals surface area contributed by atoms with E-state index in [1.807, 2.05) is 0 Å². The lowest BCUT2D eigenvalue weighted by atomic mass is 10.2. The minimum Gasteiger partial charge on any atom is -0.461 e. The maximum Gasteiger partial charge on any atom is 0.361 e. The van der Waals surface area contributed by atoms with Crippen molar-refractivity contribution < 1.29 is 23.2 Å². The summed E-state index contributed by atoms with van der Waals surface area (Å²) in [6.07, 6.45) is 1.16. The third kappa shape index (κ3) is 2.40. The van der Waals surface area contributed by atoms with E-state index in [4.69, 9.17) is 18.4 Å². The summed E-state index contributed by atoms with van der Waals surface area (Å²) < 4.78 is 19.9. The van der Waals surface area contributed by atoms with Crippen molar-refractivity contribution in [2.24, 2.45) is 0 Å². The van der Waals surface area contributed by atoms with Gasteiger partial charge in [0, 0.05) is 13.2 Å². The molecule has 0 saturated carbocycles. The summed E-state index contributed by atoms with van der Waals surface area (Å²) >= 11 is 0. The Morgan fingerprint density at radius 1 is 1.50 bits per heavy atom. The molecular formula is C11H12N2O5. The van der Waals surface area contributed by atoms with E-state index in [0.717, 1.165) is 6.39 Å². The molecule has 18 heavy (non-hydrogen) atoms. The van der Waals surface area contributed by atoms with Crippen molar-refractivity contribution in [2.75, 3.05) is 13.7 Å². The van der Waals surface area contributed by atoms with Crippen LogP contribution in [0.25, 0.3) is 11.5 Å². The molecule has 2 heterocycles. The molecule has 0 aromatic carbocycles. The summed E-state index contributed by atoms with van der Waals surface area (Å²) in [5.41, 5.74) is 0.455. The van der Waals surface area contributed by atoms with E-state index in [1.165, 1.54) is 0 Å². The number of oxazole rings is 1. The van der Waals surface area contributed by atoms with Crippen LogP contribution < -0.4 is 0 Å². The first-order chi connectivity index (χ1) is 8.76. The molecule has 7 heteroatoms. The normalized spacial score (nSPS) is 10.6. The molecule has 0 saturated heterocycles. The van der Waals surface area contributed by atoms with Crippen molar-refractivity contribution in [1.29, 1.82) is 0 Å². The van der Waals surface area contributed by atoms with Gasteiger partial charge in [0.05, 0.1) is 6.61 Å². The molecule has 0 aliphatic rings. The van der Waals surface area contributed by atoms with Crippen molar-refractivity contribution in [3.63, 3.8) is 0 Å². The summed E-state index contributed by atoms with van der Waals surface area (Å²) in [6.45, 7) is 2.26. The Morgan fingerprint density at radius 2 is 2.33 bits per heavy atom. The molecule has 0 unspecified atom stereocenters. The summed E-state index contributed by atoms with van der Waals surface area (Å²) in [5, 5.41) is 3.78. The zero-order valence-electron chi connectivity index (χ0n) is 10.0. The van der Waals surface area contributed by atoms with Gasteiger partial charge in [0.15, 0.2) is 29.3 Å². The second-order valence-electron chi connectivity index (χ2n) is 3.36. The molecule has 0 aliphatic carbocycles. The van der Waals surface area contributed by atoms with Gasteiger partial charge in [-0.3, -0.25) is 0 Å². The molecule has 0 aliphatic heterocycles. The van der Waals surface area contributed by atoms with Crippen LogP contribution in [0.3, 0.4) is 0 Å². The van der Waals surface area contributed by atoms with Crippen LogP contribution in [-0.2, 0) is 16.1 Å².